The van der Waals surface area contributed by atoms with Crippen LogP contribution in [0.3, 0.4) is 0 Å². The van der Waals surface area contributed by atoms with Gasteiger partial charge in [-0.05, 0) is 6.07 Å². The van der Waals surface area contributed by atoms with Gasteiger partial charge in [0.1, 0.15) is 17.8 Å². The van der Waals surface area contributed by atoms with Crippen molar-refractivity contribution in [2.24, 2.45) is 0 Å². The minimum Gasteiger partial charge on any atom is -0.354 e. The molecule has 0 spiro atoms. The van der Waals surface area contributed by atoms with Gasteiger partial charge >= 0.3 is 0 Å². The number of amides is 1. The van der Waals surface area contributed by atoms with Crippen LogP contribution >= 0.6 is 0 Å². The number of rotatable bonds is 4. The summed E-state index contributed by atoms with van der Waals surface area (Å²) in [5.41, 5.74) is 0.335. The zero-order chi connectivity index (χ0) is 15.2. The summed E-state index contributed by atoms with van der Waals surface area (Å²) in [5, 5.41) is 2.86. The van der Waals surface area contributed by atoms with Crippen LogP contribution in [0.4, 0.5) is 5.82 Å². The molecule has 1 saturated heterocycles. The number of aromatic nitrogens is 4. The molecule has 8 heteroatoms. The Morgan fingerprint density at radius 1 is 1.09 bits per heavy atom. The van der Waals surface area contributed by atoms with Crippen molar-refractivity contribution in [3.05, 3.63) is 42.9 Å². The highest BCUT2D eigenvalue weighted by molar-refractivity contribution is 5.91. The fourth-order valence-corrected chi connectivity index (χ4v) is 2.30. The highest BCUT2D eigenvalue weighted by Gasteiger charge is 2.18. The molecule has 0 atom stereocenters. The summed E-state index contributed by atoms with van der Waals surface area (Å²) in [7, 11) is 0. The first-order valence-electron chi connectivity index (χ1n) is 7.10. The third-order valence-corrected chi connectivity index (χ3v) is 3.52. The zero-order valence-corrected chi connectivity index (χ0v) is 12.1. The molecule has 0 radical (unpaired) electrons. The topological polar surface area (TPSA) is 87.1 Å². The molecule has 1 fully saturated rings. The van der Waals surface area contributed by atoms with Crippen molar-refractivity contribution in [1.82, 2.24) is 30.2 Å². The standard InChI is InChI=1S/C14H17N7O/c22-14(12-9-15-3-4-17-12)19-11-20-5-7-21(8-6-20)13-1-2-16-10-18-13/h1-4,9-10H,5-8,11H2,(H,19,22). The van der Waals surface area contributed by atoms with Crippen LogP contribution in [0.25, 0.3) is 0 Å². The number of anilines is 1. The van der Waals surface area contributed by atoms with E-state index in [1.54, 1.807) is 18.7 Å². The molecule has 114 valence electrons. The molecule has 2 aromatic heterocycles. The Balaban J connectivity index is 1.45. The van der Waals surface area contributed by atoms with Gasteiger partial charge in [-0.3, -0.25) is 14.7 Å². The van der Waals surface area contributed by atoms with Gasteiger partial charge in [-0.15, -0.1) is 0 Å². The fraction of sp³-hybridized carbons (Fsp3) is 0.357. The molecule has 0 unspecified atom stereocenters. The lowest BCUT2D eigenvalue weighted by molar-refractivity contribution is 0.0914. The summed E-state index contributed by atoms with van der Waals surface area (Å²) < 4.78 is 0. The molecule has 1 N–H and O–H groups in total. The van der Waals surface area contributed by atoms with Gasteiger partial charge in [0.05, 0.1) is 12.9 Å². The average Bonchev–Trinajstić information content (AvgIpc) is 2.61. The van der Waals surface area contributed by atoms with Crippen molar-refractivity contribution in [3.8, 4) is 0 Å². The minimum absolute atomic E-state index is 0.202. The second-order valence-electron chi connectivity index (χ2n) is 4.93. The number of hydrogen-bond donors (Lipinski definition) is 1. The van der Waals surface area contributed by atoms with Crippen molar-refractivity contribution in [1.29, 1.82) is 0 Å². The Labute approximate surface area is 128 Å². The van der Waals surface area contributed by atoms with Gasteiger partial charge < -0.3 is 10.2 Å². The summed E-state index contributed by atoms with van der Waals surface area (Å²) in [6.45, 7) is 3.98. The largest absolute Gasteiger partial charge is 0.354 e. The third-order valence-electron chi connectivity index (χ3n) is 3.52. The molecule has 2 aromatic rings. The number of nitrogens with one attached hydrogen (secondary N) is 1. The van der Waals surface area contributed by atoms with E-state index in [0.29, 0.717) is 12.4 Å². The van der Waals surface area contributed by atoms with Crippen molar-refractivity contribution in [3.63, 3.8) is 0 Å². The van der Waals surface area contributed by atoms with Gasteiger partial charge in [-0.25, -0.2) is 15.0 Å². The van der Waals surface area contributed by atoms with Crippen LogP contribution in [0.15, 0.2) is 37.2 Å². The van der Waals surface area contributed by atoms with Gasteiger partial charge in [0.15, 0.2) is 0 Å². The van der Waals surface area contributed by atoms with Crippen molar-refractivity contribution < 1.29 is 4.79 Å². The Morgan fingerprint density at radius 3 is 2.64 bits per heavy atom. The predicted molar refractivity (Wildman–Crippen MR) is 80.2 cm³/mol. The lowest BCUT2D eigenvalue weighted by Gasteiger charge is -2.35. The number of hydrogen-bond acceptors (Lipinski definition) is 7. The second kappa shape index (κ2) is 6.90. The van der Waals surface area contributed by atoms with E-state index >= 15 is 0 Å². The quantitative estimate of drug-likeness (QED) is 0.835. The van der Waals surface area contributed by atoms with Gasteiger partial charge in [0.2, 0.25) is 0 Å². The second-order valence-corrected chi connectivity index (χ2v) is 4.93. The molecule has 3 rings (SSSR count). The van der Waals surface area contributed by atoms with Crippen LogP contribution in [0.2, 0.25) is 0 Å². The van der Waals surface area contributed by atoms with Gasteiger partial charge in [-0.2, -0.15) is 0 Å². The Bertz CT molecular complexity index is 599. The van der Waals surface area contributed by atoms with Crippen LogP contribution in [0.1, 0.15) is 10.5 Å². The van der Waals surface area contributed by atoms with Gasteiger partial charge in [-0.1, -0.05) is 0 Å². The summed E-state index contributed by atoms with van der Waals surface area (Å²) in [6.07, 6.45) is 7.82. The predicted octanol–water partition coefficient (Wildman–Crippen LogP) is -0.224. The first kappa shape index (κ1) is 14.3. The summed E-state index contributed by atoms with van der Waals surface area (Å²) in [4.78, 5) is 32.3. The summed E-state index contributed by atoms with van der Waals surface area (Å²) in [5.74, 6) is 0.740. The maximum absolute atomic E-state index is 11.9. The summed E-state index contributed by atoms with van der Waals surface area (Å²) in [6, 6.07) is 1.91. The van der Waals surface area contributed by atoms with Crippen LogP contribution in [-0.2, 0) is 0 Å². The fourth-order valence-electron chi connectivity index (χ4n) is 2.30. The summed E-state index contributed by atoms with van der Waals surface area (Å²) >= 11 is 0. The highest BCUT2D eigenvalue weighted by atomic mass is 16.2. The van der Waals surface area contributed by atoms with Crippen molar-refractivity contribution in [2.75, 3.05) is 37.7 Å². The van der Waals surface area contributed by atoms with Crippen LogP contribution in [0, 0.1) is 0 Å². The Kier molecular flexibility index (Phi) is 4.50. The highest BCUT2D eigenvalue weighted by Crippen LogP contribution is 2.11. The van der Waals surface area contributed by atoms with Crippen molar-refractivity contribution in [2.45, 2.75) is 0 Å². The Hall–Kier alpha value is -2.61. The van der Waals surface area contributed by atoms with Crippen molar-refractivity contribution >= 4 is 11.7 Å². The number of carbonyl (C=O) groups is 1. The van der Waals surface area contributed by atoms with E-state index in [1.807, 2.05) is 6.07 Å². The SMILES string of the molecule is O=C(NCN1CCN(c2ccncn2)CC1)c1cnccn1. The Morgan fingerprint density at radius 2 is 1.95 bits per heavy atom. The minimum atomic E-state index is -0.202. The zero-order valence-electron chi connectivity index (χ0n) is 12.1. The molecule has 0 bridgehead atoms. The van der Waals surface area contributed by atoms with E-state index in [0.717, 1.165) is 32.0 Å². The van der Waals surface area contributed by atoms with Gasteiger partial charge in [0.25, 0.3) is 5.91 Å². The van der Waals surface area contributed by atoms with E-state index in [1.165, 1.54) is 12.4 Å². The normalized spacial score (nSPS) is 15.5. The molecular weight excluding hydrogens is 282 g/mol. The molecule has 22 heavy (non-hydrogen) atoms. The lowest BCUT2D eigenvalue weighted by Crippen LogP contribution is -2.50. The smallest absolute Gasteiger partial charge is 0.272 e. The van der Waals surface area contributed by atoms with E-state index in [9.17, 15) is 4.79 Å². The molecule has 3 heterocycles. The van der Waals surface area contributed by atoms with Gasteiger partial charge in [0, 0.05) is 44.8 Å². The molecule has 1 aliphatic rings. The lowest BCUT2D eigenvalue weighted by atomic mass is 10.3. The molecule has 8 nitrogen and oxygen atoms in total. The van der Waals surface area contributed by atoms with E-state index in [2.05, 4.69) is 35.1 Å². The van der Waals surface area contributed by atoms with E-state index in [4.69, 9.17) is 0 Å². The number of carbonyl (C=O) groups excluding carboxylic acids is 1. The molecule has 0 saturated carbocycles. The van der Waals surface area contributed by atoms with Crippen LogP contribution in [0.5, 0.6) is 0 Å². The molecule has 1 amide bonds. The monoisotopic (exact) mass is 299 g/mol. The first-order valence-corrected chi connectivity index (χ1v) is 7.10. The number of nitrogens with zero attached hydrogens (tertiary/aromatic N) is 6. The molecule has 0 aliphatic carbocycles. The van der Waals surface area contributed by atoms with Crippen LogP contribution < -0.4 is 10.2 Å². The molecule has 1 aliphatic heterocycles. The maximum atomic E-state index is 11.9. The average molecular weight is 299 g/mol. The van der Waals surface area contributed by atoms with Crippen LogP contribution in [-0.4, -0.2) is 63.6 Å². The third kappa shape index (κ3) is 3.53. The number of piperazine rings is 1. The van der Waals surface area contributed by atoms with E-state index in [-0.39, 0.29) is 5.91 Å². The first-order chi connectivity index (χ1) is 10.8. The van der Waals surface area contributed by atoms with E-state index < -0.39 is 0 Å². The molecule has 0 aromatic carbocycles. The maximum Gasteiger partial charge on any atom is 0.272 e. The molecular formula is C14H17N7O.